The normalized spacial score (nSPS) is 12.7. The molecule has 0 aliphatic rings. The van der Waals surface area contributed by atoms with E-state index in [-0.39, 0.29) is 5.56 Å². The lowest BCUT2D eigenvalue weighted by atomic mass is 10.1. The second-order valence-electron chi connectivity index (χ2n) is 4.92. The maximum atomic E-state index is 12.6. The summed E-state index contributed by atoms with van der Waals surface area (Å²) in [5.74, 6) is 0.394. The number of aromatic nitrogens is 3. The van der Waals surface area contributed by atoms with Gasteiger partial charge in [0.25, 0.3) is 5.56 Å². The van der Waals surface area contributed by atoms with Gasteiger partial charge in [0.15, 0.2) is 5.01 Å². The first kappa shape index (κ1) is 17.4. The molecular formula is C15H16F3N3OS. The Morgan fingerprint density at radius 3 is 2.70 bits per heavy atom. The fourth-order valence-electron chi connectivity index (χ4n) is 2.04. The molecule has 0 fully saturated rings. The van der Waals surface area contributed by atoms with Crippen LogP contribution in [0, 0.1) is 0 Å². The van der Waals surface area contributed by atoms with Crippen LogP contribution in [0.4, 0.5) is 13.2 Å². The molecule has 0 spiro atoms. The van der Waals surface area contributed by atoms with E-state index < -0.39 is 11.2 Å². The third-order valence-corrected chi connectivity index (χ3v) is 4.06. The van der Waals surface area contributed by atoms with Crippen LogP contribution in [0.15, 0.2) is 17.1 Å². The van der Waals surface area contributed by atoms with Gasteiger partial charge in [-0.25, -0.2) is 9.97 Å². The van der Waals surface area contributed by atoms with Crippen molar-refractivity contribution in [2.45, 2.75) is 39.3 Å². The third kappa shape index (κ3) is 4.51. The largest absolute Gasteiger partial charge is 0.443 e. The molecule has 0 radical (unpaired) electrons. The van der Waals surface area contributed by atoms with Crippen LogP contribution >= 0.6 is 11.3 Å². The minimum atomic E-state index is -4.45. The zero-order valence-corrected chi connectivity index (χ0v) is 13.5. The SMILES string of the molecule is CCCc1cc(=O)[nH]c(C(=Cc2cnc(C(F)(F)F)s2)CC)n1. The number of H-pyrrole nitrogens is 1. The van der Waals surface area contributed by atoms with Crippen molar-refractivity contribution in [3.63, 3.8) is 0 Å². The molecule has 0 saturated carbocycles. The van der Waals surface area contributed by atoms with Crippen molar-refractivity contribution < 1.29 is 13.2 Å². The van der Waals surface area contributed by atoms with E-state index >= 15 is 0 Å². The Kier molecular flexibility index (Phi) is 5.35. The van der Waals surface area contributed by atoms with Gasteiger partial charge in [-0.2, -0.15) is 13.2 Å². The summed E-state index contributed by atoms with van der Waals surface area (Å²) in [6.45, 7) is 3.83. The summed E-state index contributed by atoms with van der Waals surface area (Å²) in [6.07, 6.45) is 0.365. The molecule has 124 valence electrons. The van der Waals surface area contributed by atoms with Crippen molar-refractivity contribution in [1.82, 2.24) is 15.0 Å². The predicted molar refractivity (Wildman–Crippen MR) is 84.1 cm³/mol. The van der Waals surface area contributed by atoms with Crippen LogP contribution in [0.25, 0.3) is 11.6 Å². The molecule has 0 aliphatic carbocycles. The molecule has 0 unspecified atom stereocenters. The Labute approximate surface area is 135 Å². The number of halogens is 3. The highest BCUT2D eigenvalue weighted by Gasteiger charge is 2.34. The number of allylic oxidation sites excluding steroid dienone is 1. The summed E-state index contributed by atoms with van der Waals surface area (Å²) < 4.78 is 37.8. The van der Waals surface area contributed by atoms with E-state index in [2.05, 4.69) is 15.0 Å². The summed E-state index contributed by atoms with van der Waals surface area (Å²) >= 11 is 0.565. The quantitative estimate of drug-likeness (QED) is 0.887. The van der Waals surface area contributed by atoms with Crippen LogP contribution in [0.3, 0.4) is 0 Å². The molecule has 2 aromatic heterocycles. The van der Waals surface area contributed by atoms with Gasteiger partial charge in [0.05, 0.1) is 0 Å². The lowest BCUT2D eigenvalue weighted by molar-refractivity contribution is -0.137. The predicted octanol–water partition coefficient (Wildman–Crippen LogP) is 4.15. The van der Waals surface area contributed by atoms with Crippen LogP contribution in [0.5, 0.6) is 0 Å². The molecule has 23 heavy (non-hydrogen) atoms. The molecule has 0 bridgehead atoms. The van der Waals surface area contributed by atoms with Crippen LogP contribution in [0.2, 0.25) is 0 Å². The Morgan fingerprint density at radius 1 is 1.39 bits per heavy atom. The highest BCUT2D eigenvalue weighted by atomic mass is 32.1. The average molecular weight is 343 g/mol. The molecule has 0 atom stereocenters. The number of thiazole rings is 1. The summed E-state index contributed by atoms with van der Waals surface area (Å²) in [6, 6.07) is 1.44. The summed E-state index contributed by atoms with van der Waals surface area (Å²) in [5, 5.41) is -0.889. The molecule has 0 aromatic carbocycles. The number of rotatable bonds is 5. The van der Waals surface area contributed by atoms with Crippen molar-refractivity contribution in [3.8, 4) is 0 Å². The zero-order valence-electron chi connectivity index (χ0n) is 12.7. The number of alkyl halides is 3. The first-order valence-electron chi connectivity index (χ1n) is 7.17. The number of nitrogens with one attached hydrogen (secondary N) is 1. The summed E-state index contributed by atoms with van der Waals surface area (Å²) in [4.78, 5) is 22.5. The number of nitrogens with zero attached hydrogens (tertiary/aromatic N) is 2. The van der Waals surface area contributed by atoms with E-state index in [1.54, 1.807) is 6.08 Å². The fraction of sp³-hybridized carbons (Fsp3) is 0.400. The molecule has 2 aromatic rings. The second-order valence-corrected chi connectivity index (χ2v) is 5.99. The van der Waals surface area contributed by atoms with E-state index in [0.717, 1.165) is 6.42 Å². The van der Waals surface area contributed by atoms with Crippen LogP contribution in [-0.2, 0) is 12.6 Å². The summed E-state index contributed by atoms with van der Waals surface area (Å²) in [7, 11) is 0. The van der Waals surface area contributed by atoms with Gasteiger partial charge < -0.3 is 4.98 Å². The first-order valence-corrected chi connectivity index (χ1v) is 7.99. The number of aryl methyl sites for hydroxylation is 1. The van der Waals surface area contributed by atoms with Crippen LogP contribution in [0.1, 0.15) is 48.1 Å². The van der Waals surface area contributed by atoms with E-state index in [4.69, 9.17) is 0 Å². The summed E-state index contributed by atoms with van der Waals surface area (Å²) in [5.41, 5.74) is 1.07. The third-order valence-electron chi connectivity index (χ3n) is 3.07. The van der Waals surface area contributed by atoms with Gasteiger partial charge in [0.1, 0.15) is 5.82 Å². The van der Waals surface area contributed by atoms with Crippen molar-refractivity contribution in [1.29, 1.82) is 0 Å². The number of hydrogen-bond acceptors (Lipinski definition) is 4. The van der Waals surface area contributed by atoms with Crippen molar-refractivity contribution in [3.05, 3.63) is 44.0 Å². The lowest BCUT2D eigenvalue weighted by Gasteiger charge is -2.06. The number of aromatic amines is 1. The fourth-order valence-corrected chi connectivity index (χ4v) is 2.79. The lowest BCUT2D eigenvalue weighted by Crippen LogP contribution is -2.12. The molecule has 0 aliphatic heterocycles. The standard InChI is InChI=1S/C15H16F3N3OS/c1-3-5-10-7-12(22)21-13(20-10)9(4-2)6-11-8-19-14(23-11)15(16,17)18/h6-8H,3-5H2,1-2H3,(H,20,21,22). The zero-order chi connectivity index (χ0) is 17.0. The molecule has 1 N–H and O–H groups in total. The molecule has 2 rings (SSSR count). The maximum Gasteiger partial charge on any atom is 0.443 e. The van der Waals surface area contributed by atoms with E-state index in [1.165, 1.54) is 12.3 Å². The molecule has 0 amide bonds. The van der Waals surface area contributed by atoms with Crippen molar-refractivity contribution in [2.75, 3.05) is 0 Å². The molecule has 4 nitrogen and oxygen atoms in total. The van der Waals surface area contributed by atoms with Gasteiger partial charge in [0, 0.05) is 22.8 Å². The second kappa shape index (κ2) is 7.08. The molecule has 2 heterocycles. The van der Waals surface area contributed by atoms with Crippen molar-refractivity contribution in [2.24, 2.45) is 0 Å². The highest BCUT2D eigenvalue weighted by molar-refractivity contribution is 7.12. The minimum Gasteiger partial charge on any atom is -0.307 e. The average Bonchev–Trinajstić information content (AvgIpc) is 2.93. The van der Waals surface area contributed by atoms with E-state index in [9.17, 15) is 18.0 Å². The Hall–Kier alpha value is -1.96. The van der Waals surface area contributed by atoms with Gasteiger partial charge in [-0.15, -0.1) is 11.3 Å². The number of hydrogen-bond donors (Lipinski definition) is 1. The Morgan fingerprint density at radius 2 is 2.13 bits per heavy atom. The maximum absolute atomic E-state index is 12.6. The molecular weight excluding hydrogens is 327 g/mol. The van der Waals surface area contributed by atoms with Gasteiger partial charge in [-0.05, 0) is 24.5 Å². The van der Waals surface area contributed by atoms with Gasteiger partial charge in [0.2, 0.25) is 0 Å². The van der Waals surface area contributed by atoms with Gasteiger partial charge >= 0.3 is 6.18 Å². The minimum absolute atomic E-state index is 0.266. The van der Waals surface area contributed by atoms with Gasteiger partial charge in [-0.3, -0.25) is 4.79 Å². The van der Waals surface area contributed by atoms with E-state index in [1.807, 2.05) is 13.8 Å². The molecule has 0 saturated heterocycles. The van der Waals surface area contributed by atoms with Crippen LogP contribution in [-0.4, -0.2) is 15.0 Å². The Bertz CT molecular complexity index is 762. The Balaban J connectivity index is 2.39. The van der Waals surface area contributed by atoms with Crippen molar-refractivity contribution >= 4 is 23.0 Å². The van der Waals surface area contributed by atoms with Crippen LogP contribution < -0.4 is 5.56 Å². The topological polar surface area (TPSA) is 58.6 Å². The first-order chi connectivity index (χ1) is 10.8. The monoisotopic (exact) mass is 343 g/mol. The van der Waals surface area contributed by atoms with E-state index in [0.29, 0.717) is 46.1 Å². The van der Waals surface area contributed by atoms with Gasteiger partial charge in [-0.1, -0.05) is 20.3 Å². The smallest absolute Gasteiger partial charge is 0.307 e. The highest BCUT2D eigenvalue weighted by Crippen LogP contribution is 2.33. The molecule has 8 heteroatoms.